The Morgan fingerprint density at radius 2 is 1.28 bits per heavy atom. The molecule has 5 heteroatoms. The van der Waals surface area contributed by atoms with Gasteiger partial charge in [-0.05, 0) is 67.2 Å². The van der Waals surface area contributed by atoms with Gasteiger partial charge in [-0.1, -0.05) is 54.6 Å². The average Bonchev–Trinajstić information content (AvgIpc) is 3.63. The van der Waals surface area contributed by atoms with E-state index in [1.165, 1.54) is 32.9 Å². The minimum absolute atomic E-state index is 0.0558. The van der Waals surface area contributed by atoms with Gasteiger partial charge >= 0.3 is 0 Å². The zero-order chi connectivity index (χ0) is 26.6. The molecule has 5 aromatic rings. The fraction of sp³-hybridized carbons (Fsp3) is 0.324. The summed E-state index contributed by atoms with van der Waals surface area (Å²) in [5.74, 6) is 0.629. The van der Waals surface area contributed by atoms with Crippen molar-refractivity contribution in [3.63, 3.8) is 0 Å². The summed E-state index contributed by atoms with van der Waals surface area (Å²) < 4.78 is 4.60. The fourth-order valence-corrected chi connectivity index (χ4v) is 7.37. The van der Waals surface area contributed by atoms with Crippen molar-refractivity contribution >= 4 is 33.4 Å². The van der Waals surface area contributed by atoms with Crippen molar-refractivity contribution < 1.29 is 4.79 Å². The smallest absolute Gasteiger partial charge is 0.227 e. The van der Waals surface area contributed by atoms with Crippen LogP contribution in [0.5, 0.6) is 0 Å². The van der Waals surface area contributed by atoms with Crippen molar-refractivity contribution in [3.05, 3.63) is 102 Å². The second-order valence-electron chi connectivity index (χ2n) is 11.6. The molecule has 0 aliphatic carbocycles. The van der Waals surface area contributed by atoms with E-state index in [2.05, 4.69) is 89.1 Å². The molecule has 0 radical (unpaired) electrons. The fourth-order valence-electron chi connectivity index (χ4n) is 7.37. The Morgan fingerprint density at radius 3 is 1.87 bits per heavy atom. The number of piperidine rings is 1. The van der Waals surface area contributed by atoms with Crippen LogP contribution < -0.4 is 4.90 Å². The Hall–Kier alpha value is -3.83. The largest absolute Gasteiger partial charge is 0.350 e. The lowest BCUT2D eigenvalue weighted by molar-refractivity contribution is -0.117. The summed E-state index contributed by atoms with van der Waals surface area (Å²) in [6, 6.07) is 27.8. The third kappa shape index (κ3) is 3.99. The lowest BCUT2D eigenvalue weighted by Crippen LogP contribution is -2.45. The standard InChI is InChI=1S/C34H36N4O/c1-35-23-29(27-12-6-8-14-31(27)35)34(30-24-36(2)32-15-9-7-13-28(30)32)16-18-37(19-17-34)21-25-20-33(39)38(22-25)26-10-4-3-5-11-26/h3-15,23-25H,16-22H2,1-2H3/t25-/m1/s1. The molecule has 1 atom stereocenters. The highest BCUT2D eigenvalue weighted by molar-refractivity contribution is 5.95. The molecule has 2 fully saturated rings. The zero-order valence-corrected chi connectivity index (χ0v) is 22.9. The molecule has 0 unspecified atom stereocenters. The maximum absolute atomic E-state index is 12.9. The highest BCUT2D eigenvalue weighted by atomic mass is 16.2. The molecule has 4 heterocycles. The predicted octanol–water partition coefficient (Wildman–Crippen LogP) is 6.11. The first kappa shape index (κ1) is 24.2. The van der Waals surface area contributed by atoms with Gasteiger partial charge in [0.2, 0.25) is 5.91 Å². The van der Waals surface area contributed by atoms with Crippen LogP contribution in [-0.4, -0.2) is 46.1 Å². The van der Waals surface area contributed by atoms with Crippen molar-refractivity contribution in [3.8, 4) is 0 Å². The Kier molecular flexibility index (Phi) is 5.85. The molecule has 3 aromatic carbocycles. The van der Waals surface area contributed by atoms with Crippen molar-refractivity contribution in [1.29, 1.82) is 0 Å². The van der Waals surface area contributed by atoms with Gasteiger partial charge in [0.05, 0.1) is 0 Å². The third-order valence-electron chi connectivity index (χ3n) is 9.32. The van der Waals surface area contributed by atoms with Crippen molar-refractivity contribution in [2.24, 2.45) is 20.0 Å². The Labute approximate surface area is 230 Å². The normalized spacial score (nSPS) is 19.9. The minimum Gasteiger partial charge on any atom is -0.350 e. The molecule has 2 aliphatic heterocycles. The minimum atomic E-state index is -0.0558. The van der Waals surface area contributed by atoms with Gasteiger partial charge in [-0.2, -0.15) is 0 Å². The lowest BCUT2D eigenvalue weighted by Gasteiger charge is -2.43. The van der Waals surface area contributed by atoms with E-state index in [4.69, 9.17) is 0 Å². The van der Waals surface area contributed by atoms with E-state index < -0.39 is 0 Å². The van der Waals surface area contributed by atoms with Gasteiger partial charge in [0.15, 0.2) is 0 Å². The summed E-state index contributed by atoms with van der Waals surface area (Å²) in [5.41, 5.74) is 6.44. The topological polar surface area (TPSA) is 33.4 Å². The summed E-state index contributed by atoms with van der Waals surface area (Å²) >= 11 is 0. The van der Waals surface area contributed by atoms with Crippen molar-refractivity contribution in [2.75, 3.05) is 31.1 Å². The van der Waals surface area contributed by atoms with E-state index >= 15 is 0 Å². The van der Waals surface area contributed by atoms with Gasteiger partial charge in [0, 0.05) is 78.9 Å². The number of likely N-dealkylation sites (tertiary alicyclic amines) is 1. The first-order valence-corrected chi connectivity index (χ1v) is 14.2. The van der Waals surface area contributed by atoms with Crippen molar-refractivity contribution in [2.45, 2.75) is 24.7 Å². The van der Waals surface area contributed by atoms with Crippen LogP contribution in [0.15, 0.2) is 91.3 Å². The van der Waals surface area contributed by atoms with Crippen LogP contribution in [0.3, 0.4) is 0 Å². The van der Waals surface area contributed by atoms with Crippen LogP contribution >= 0.6 is 0 Å². The van der Waals surface area contributed by atoms with Crippen LogP contribution in [-0.2, 0) is 24.3 Å². The van der Waals surface area contributed by atoms with Gasteiger partial charge in [-0.3, -0.25) is 4.79 Å². The number of rotatable bonds is 5. The number of hydrogen-bond acceptors (Lipinski definition) is 2. The van der Waals surface area contributed by atoms with E-state index in [1.807, 2.05) is 35.2 Å². The van der Waals surface area contributed by atoms with Gasteiger partial charge in [-0.15, -0.1) is 0 Å². The molecule has 0 N–H and O–H groups in total. The van der Waals surface area contributed by atoms with Gasteiger partial charge < -0.3 is 18.9 Å². The first-order valence-electron chi connectivity index (χ1n) is 14.2. The van der Waals surface area contributed by atoms with Crippen LogP contribution in [0, 0.1) is 5.92 Å². The number of nitrogens with zero attached hydrogens (tertiary/aromatic N) is 4. The third-order valence-corrected chi connectivity index (χ3v) is 9.32. The van der Waals surface area contributed by atoms with Crippen LogP contribution in [0.25, 0.3) is 21.8 Å². The molecule has 0 spiro atoms. The maximum atomic E-state index is 12.9. The molecule has 0 bridgehead atoms. The van der Waals surface area contributed by atoms with Crippen LogP contribution in [0.4, 0.5) is 5.69 Å². The number of carbonyl (C=O) groups excluding carboxylic acids is 1. The lowest BCUT2D eigenvalue weighted by atomic mass is 9.67. The molecule has 198 valence electrons. The van der Waals surface area contributed by atoms with Gasteiger partial charge in [0.1, 0.15) is 0 Å². The summed E-state index contributed by atoms with van der Waals surface area (Å²) in [5, 5.41) is 2.72. The number of fused-ring (bicyclic) bond motifs is 2. The second-order valence-corrected chi connectivity index (χ2v) is 11.6. The molecule has 39 heavy (non-hydrogen) atoms. The molecule has 2 saturated heterocycles. The molecule has 5 nitrogen and oxygen atoms in total. The summed E-state index contributed by atoms with van der Waals surface area (Å²) in [4.78, 5) is 17.4. The van der Waals surface area contributed by atoms with Gasteiger partial charge in [0.25, 0.3) is 0 Å². The number of hydrogen-bond donors (Lipinski definition) is 0. The molecule has 0 saturated carbocycles. The molecule has 1 amide bonds. The quantitative estimate of drug-likeness (QED) is 0.283. The number of anilines is 1. The number of carbonyl (C=O) groups is 1. The SMILES string of the molecule is Cn1cc(C2(c3cn(C)c4ccccc34)CCN(C[C@H]3CC(=O)N(c4ccccc4)C3)CC2)c2ccccc21. The number of para-hydroxylation sites is 3. The zero-order valence-electron chi connectivity index (χ0n) is 22.9. The number of amides is 1. The van der Waals surface area contributed by atoms with Gasteiger partial charge in [-0.25, -0.2) is 0 Å². The van der Waals surface area contributed by atoms with Crippen LogP contribution in [0.2, 0.25) is 0 Å². The molecule has 2 aliphatic rings. The summed E-state index contributed by atoms with van der Waals surface area (Å²) in [6.45, 7) is 3.86. The number of aryl methyl sites for hydroxylation is 2. The Balaban J connectivity index is 1.20. The van der Waals surface area contributed by atoms with E-state index in [0.29, 0.717) is 12.3 Å². The van der Waals surface area contributed by atoms with E-state index in [0.717, 1.165) is 44.7 Å². The molecular weight excluding hydrogens is 480 g/mol. The molecule has 2 aromatic heterocycles. The van der Waals surface area contributed by atoms with E-state index in [1.54, 1.807) is 0 Å². The average molecular weight is 517 g/mol. The Morgan fingerprint density at radius 1 is 0.744 bits per heavy atom. The summed E-state index contributed by atoms with van der Waals surface area (Å²) in [6.07, 6.45) is 7.55. The monoisotopic (exact) mass is 516 g/mol. The number of aromatic nitrogens is 2. The maximum Gasteiger partial charge on any atom is 0.227 e. The predicted molar refractivity (Wildman–Crippen MR) is 159 cm³/mol. The molecular formula is C34H36N4O. The van der Waals surface area contributed by atoms with E-state index in [9.17, 15) is 4.79 Å². The first-order chi connectivity index (χ1) is 19.0. The highest BCUT2D eigenvalue weighted by Crippen LogP contribution is 2.48. The Bertz CT molecular complexity index is 1570. The van der Waals surface area contributed by atoms with Crippen LogP contribution in [0.1, 0.15) is 30.4 Å². The second kappa shape index (κ2) is 9.42. The summed E-state index contributed by atoms with van der Waals surface area (Å²) in [7, 11) is 4.35. The number of benzene rings is 3. The van der Waals surface area contributed by atoms with E-state index in [-0.39, 0.29) is 11.3 Å². The molecule has 7 rings (SSSR count). The van der Waals surface area contributed by atoms with Crippen molar-refractivity contribution in [1.82, 2.24) is 14.0 Å². The highest BCUT2D eigenvalue weighted by Gasteiger charge is 2.42.